The van der Waals surface area contributed by atoms with Gasteiger partial charge in [0.25, 0.3) is 5.91 Å². The minimum Gasteiger partial charge on any atom is -0.454 e. The van der Waals surface area contributed by atoms with Gasteiger partial charge < -0.3 is 23.8 Å². The number of likely N-dealkylation sites (tertiary alicyclic amines) is 1. The van der Waals surface area contributed by atoms with E-state index in [-0.39, 0.29) is 18.6 Å². The lowest BCUT2D eigenvalue weighted by Crippen LogP contribution is -2.31. The van der Waals surface area contributed by atoms with Crippen LogP contribution in [0.2, 0.25) is 0 Å². The summed E-state index contributed by atoms with van der Waals surface area (Å²) in [4.78, 5) is 33.4. The van der Waals surface area contributed by atoms with E-state index in [1.807, 2.05) is 16.1 Å². The summed E-state index contributed by atoms with van der Waals surface area (Å²) < 4.78 is 12.8. The topological polar surface area (TPSA) is 76.9 Å². The van der Waals surface area contributed by atoms with Gasteiger partial charge in [-0.1, -0.05) is 0 Å². The Morgan fingerprint density at radius 2 is 2.00 bits per heavy atom. The van der Waals surface area contributed by atoms with E-state index >= 15 is 0 Å². The van der Waals surface area contributed by atoms with Gasteiger partial charge in [-0.05, 0) is 31.0 Å². The first kappa shape index (κ1) is 17.1. The Morgan fingerprint density at radius 3 is 2.86 bits per heavy atom. The molecule has 0 atom stereocenters. The van der Waals surface area contributed by atoms with Gasteiger partial charge in [0.05, 0.1) is 30.8 Å². The van der Waals surface area contributed by atoms with Crippen LogP contribution in [-0.2, 0) is 24.4 Å². The van der Waals surface area contributed by atoms with Crippen LogP contribution in [0.4, 0.5) is 0 Å². The van der Waals surface area contributed by atoms with Crippen LogP contribution in [0, 0.1) is 0 Å². The minimum absolute atomic E-state index is 0.0313. The standard InChI is InChI=1S/C20H22N4O4/c25-19-3-1-6-22(19)10-15-16-11-23(7-2-8-24(16)12-21-15)20(26)14-4-5-17-18(9-14)28-13-27-17/h4-5,9,12H,1-3,6-8,10-11,13H2. The van der Waals surface area contributed by atoms with Gasteiger partial charge in [0.1, 0.15) is 0 Å². The van der Waals surface area contributed by atoms with Crippen molar-refractivity contribution in [1.29, 1.82) is 0 Å². The van der Waals surface area contributed by atoms with Crippen molar-refractivity contribution in [3.8, 4) is 11.5 Å². The van der Waals surface area contributed by atoms with Gasteiger partial charge in [0.2, 0.25) is 12.7 Å². The van der Waals surface area contributed by atoms with Crippen molar-refractivity contribution in [3.05, 3.63) is 41.5 Å². The number of fused-ring (bicyclic) bond motifs is 2. The maximum atomic E-state index is 13.1. The van der Waals surface area contributed by atoms with E-state index in [9.17, 15) is 9.59 Å². The second kappa shape index (κ2) is 6.85. The van der Waals surface area contributed by atoms with Crippen molar-refractivity contribution in [2.75, 3.05) is 19.9 Å². The molecule has 1 aromatic heterocycles. The molecule has 0 N–H and O–H groups in total. The molecule has 1 fully saturated rings. The van der Waals surface area contributed by atoms with E-state index < -0.39 is 0 Å². The first-order valence-electron chi connectivity index (χ1n) is 9.68. The zero-order chi connectivity index (χ0) is 19.1. The lowest BCUT2D eigenvalue weighted by molar-refractivity contribution is -0.128. The van der Waals surface area contributed by atoms with Gasteiger partial charge in [-0.25, -0.2) is 4.98 Å². The molecule has 146 valence electrons. The predicted molar refractivity (Wildman–Crippen MR) is 98.8 cm³/mol. The Kier molecular flexibility index (Phi) is 4.18. The third-order valence-corrected chi connectivity index (χ3v) is 5.62. The highest BCUT2D eigenvalue weighted by molar-refractivity contribution is 5.95. The Labute approximate surface area is 162 Å². The molecule has 0 aliphatic carbocycles. The Balaban J connectivity index is 1.38. The molecule has 0 saturated carbocycles. The summed E-state index contributed by atoms with van der Waals surface area (Å²) in [6.45, 7) is 3.48. The molecule has 1 saturated heterocycles. The van der Waals surface area contributed by atoms with Gasteiger partial charge in [-0.2, -0.15) is 0 Å². The van der Waals surface area contributed by atoms with E-state index in [1.165, 1.54) is 0 Å². The lowest BCUT2D eigenvalue weighted by atomic mass is 10.1. The Hall–Kier alpha value is -3.03. The molecule has 0 radical (unpaired) electrons. The average Bonchev–Trinajstić information content (AvgIpc) is 3.39. The normalized spacial score (nSPS) is 18.4. The van der Waals surface area contributed by atoms with E-state index in [0.717, 1.165) is 37.3 Å². The van der Waals surface area contributed by atoms with Crippen molar-refractivity contribution in [3.63, 3.8) is 0 Å². The molecule has 8 heteroatoms. The second-order valence-corrected chi connectivity index (χ2v) is 7.40. The van der Waals surface area contributed by atoms with Crippen LogP contribution in [0.1, 0.15) is 41.0 Å². The second-order valence-electron chi connectivity index (χ2n) is 7.40. The molecule has 8 nitrogen and oxygen atoms in total. The van der Waals surface area contributed by atoms with Crippen molar-refractivity contribution < 1.29 is 19.1 Å². The summed E-state index contributed by atoms with van der Waals surface area (Å²) in [7, 11) is 0. The SMILES string of the molecule is O=C1CCCN1Cc1ncn2c1CN(C(=O)c1ccc3c(c1)OCO3)CCC2. The number of benzene rings is 1. The summed E-state index contributed by atoms with van der Waals surface area (Å²) in [5, 5.41) is 0. The summed E-state index contributed by atoms with van der Waals surface area (Å²) >= 11 is 0. The molecule has 0 bridgehead atoms. The molecule has 4 heterocycles. The minimum atomic E-state index is -0.0313. The van der Waals surface area contributed by atoms with Crippen LogP contribution in [-0.4, -0.2) is 51.0 Å². The molecule has 1 aromatic carbocycles. The van der Waals surface area contributed by atoms with Crippen LogP contribution in [0.5, 0.6) is 11.5 Å². The molecule has 2 aromatic rings. The number of amides is 2. The highest BCUT2D eigenvalue weighted by atomic mass is 16.7. The van der Waals surface area contributed by atoms with E-state index in [2.05, 4.69) is 9.55 Å². The molecule has 2 amide bonds. The van der Waals surface area contributed by atoms with Crippen LogP contribution in [0.15, 0.2) is 24.5 Å². The average molecular weight is 382 g/mol. The van der Waals surface area contributed by atoms with Crippen LogP contribution >= 0.6 is 0 Å². The number of carbonyl (C=O) groups is 2. The number of aryl methyl sites for hydroxylation is 1. The van der Waals surface area contributed by atoms with Gasteiger partial charge in [-0.3, -0.25) is 9.59 Å². The van der Waals surface area contributed by atoms with Crippen molar-refractivity contribution >= 4 is 11.8 Å². The maximum absolute atomic E-state index is 13.1. The fourth-order valence-electron chi connectivity index (χ4n) is 4.09. The lowest BCUT2D eigenvalue weighted by Gasteiger charge is -2.22. The van der Waals surface area contributed by atoms with E-state index in [4.69, 9.17) is 9.47 Å². The number of hydrogen-bond acceptors (Lipinski definition) is 5. The van der Waals surface area contributed by atoms with Crippen molar-refractivity contribution in [2.24, 2.45) is 0 Å². The van der Waals surface area contributed by atoms with E-state index in [1.54, 1.807) is 18.2 Å². The zero-order valence-electron chi connectivity index (χ0n) is 15.6. The van der Waals surface area contributed by atoms with Gasteiger partial charge in [-0.15, -0.1) is 0 Å². The molecular weight excluding hydrogens is 360 g/mol. The fourth-order valence-corrected chi connectivity index (χ4v) is 4.09. The monoisotopic (exact) mass is 382 g/mol. The third kappa shape index (κ3) is 2.98. The smallest absolute Gasteiger partial charge is 0.254 e. The Bertz CT molecular complexity index is 938. The van der Waals surface area contributed by atoms with Crippen molar-refractivity contribution in [1.82, 2.24) is 19.4 Å². The number of hydrogen-bond donors (Lipinski definition) is 0. The summed E-state index contributed by atoms with van der Waals surface area (Å²) in [5.41, 5.74) is 2.50. The Morgan fingerprint density at radius 1 is 1.11 bits per heavy atom. The summed E-state index contributed by atoms with van der Waals surface area (Å²) in [6, 6.07) is 5.31. The van der Waals surface area contributed by atoms with Crippen LogP contribution in [0.25, 0.3) is 0 Å². The summed E-state index contributed by atoms with van der Waals surface area (Å²) in [6.07, 6.45) is 4.22. The number of rotatable bonds is 3. The molecule has 0 unspecified atom stereocenters. The van der Waals surface area contributed by atoms with Gasteiger partial charge >= 0.3 is 0 Å². The number of nitrogens with zero attached hydrogens (tertiary/aromatic N) is 4. The maximum Gasteiger partial charge on any atom is 0.254 e. The van der Waals surface area contributed by atoms with Gasteiger partial charge in [0, 0.05) is 31.6 Å². The molecule has 5 rings (SSSR count). The van der Waals surface area contributed by atoms with Crippen molar-refractivity contribution in [2.45, 2.75) is 38.9 Å². The highest BCUT2D eigenvalue weighted by Gasteiger charge is 2.27. The third-order valence-electron chi connectivity index (χ3n) is 5.62. The molecule has 28 heavy (non-hydrogen) atoms. The molecule has 3 aliphatic rings. The quantitative estimate of drug-likeness (QED) is 0.809. The predicted octanol–water partition coefficient (Wildman–Crippen LogP) is 1.78. The number of aromatic nitrogens is 2. The van der Waals surface area contributed by atoms with Crippen LogP contribution < -0.4 is 9.47 Å². The number of imidazole rings is 1. The number of carbonyl (C=O) groups excluding carboxylic acids is 2. The molecular formula is C20H22N4O4. The first-order chi connectivity index (χ1) is 13.7. The van der Waals surface area contributed by atoms with Crippen LogP contribution in [0.3, 0.4) is 0 Å². The molecule has 0 spiro atoms. The summed E-state index contributed by atoms with van der Waals surface area (Å²) in [5.74, 6) is 1.43. The zero-order valence-corrected chi connectivity index (χ0v) is 15.6. The first-order valence-corrected chi connectivity index (χ1v) is 9.68. The largest absolute Gasteiger partial charge is 0.454 e. The van der Waals surface area contributed by atoms with E-state index in [0.29, 0.717) is 43.1 Å². The molecule has 3 aliphatic heterocycles. The van der Waals surface area contributed by atoms with Gasteiger partial charge in [0.15, 0.2) is 11.5 Å². The highest BCUT2D eigenvalue weighted by Crippen LogP contribution is 2.33. The number of ether oxygens (including phenoxy) is 2. The fraction of sp³-hybridized carbons (Fsp3) is 0.450.